The molecule has 0 aliphatic carbocycles. The number of piperazine rings is 1. The highest BCUT2D eigenvalue weighted by molar-refractivity contribution is 7.98. The molecule has 1 atom stereocenters. The molecule has 0 bridgehead atoms. The Morgan fingerprint density at radius 3 is 2.77 bits per heavy atom. The first-order valence-electron chi connectivity index (χ1n) is 7.70. The average molecular weight is 323 g/mol. The van der Waals surface area contributed by atoms with Crippen LogP contribution in [0, 0.1) is 6.92 Å². The van der Waals surface area contributed by atoms with Crippen molar-refractivity contribution in [2.75, 3.05) is 38.2 Å². The molecule has 2 heterocycles. The number of rotatable bonds is 6. The van der Waals surface area contributed by atoms with Gasteiger partial charge < -0.3 is 10.0 Å². The van der Waals surface area contributed by atoms with Crippen molar-refractivity contribution < 1.29 is 9.90 Å². The van der Waals surface area contributed by atoms with Gasteiger partial charge in [0.05, 0.1) is 5.69 Å². The van der Waals surface area contributed by atoms with E-state index in [-0.39, 0.29) is 5.91 Å². The summed E-state index contributed by atoms with van der Waals surface area (Å²) in [5.74, 6) is 0.689. The van der Waals surface area contributed by atoms with Crippen LogP contribution in [0.3, 0.4) is 0 Å². The zero-order valence-electron chi connectivity index (χ0n) is 13.4. The number of hydrogen-bond acceptors (Lipinski definition) is 5. The first-order chi connectivity index (χ1) is 10.6. The number of carbonyl (C=O) groups excluding carboxylic acids is 1. The molecule has 1 fully saturated rings. The minimum absolute atomic E-state index is 0.122. The molecule has 1 aliphatic heterocycles. The predicted octanol–water partition coefficient (Wildman–Crippen LogP) is 1.15. The van der Waals surface area contributed by atoms with Crippen LogP contribution in [0.15, 0.2) is 18.3 Å². The van der Waals surface area contributed by atoms with Gasteiger partial charge in [-0.05, 0) is 37.0 Å². The van der Waals surface area contributed by atoms with Gasteiger partial charge in [0, 0.05) is 38.9 Å². The maximum Gasteiger partial charge on any atom is 0.251 e. The lowest BCUT2D eigenvalue weighted by atomic mass is 10.2. The van der Waals surface area contributed by atoms with Crippen LogP contribution < -0.4 is 0 Å². The molecule has 1 aromatic heterocycles. The fourth-order valence-corrected chi connectivity index (χ4v) is 3.04. The van der Waals surface area contributed by atoms with E-state index in [0.29, 0.717) is 19.5 Å². The number of thioether (sulfide) groups is 1. The molecule has 1 N–H and O–H groups in total. The van der Waals surface area contributed by atoms with Crippen molar-refractivity contribution in [2.24, 2.45) is 0 Å². The molecule has 1 aliphatic rings. The first-order valence-corrected chi connectivity index (χ1v) is 9.10. The molecule has 2 rings (SSSR count). The number of amides is 1. The SMILES string of the molecule is CSCCC(O)C(=O)N1CCN(Cc2ncccc2C)CC1. The topological polar surface area (TPSA) is 56.7 Å². The van der Waals surface area contributed by atoms with Gasteiger partial charge >= 0.3 is 0 Å². The molecule has 1 unspecified atom stereocenters. The Bertz CT molecular complexity index is 490. The van der Waals surface area contributed by atoms with E-state index < -0.39 is 6.10 Å². The van der Waals surface area contributed by atoms with Crippen LogP contribution in [-0.2, 0) is 11.3 Å². The highest BCUT2D eigenvalue weighted by Gasteiger charge is 2.26. The number of aromatic nitrogens is 1. The van der Waals surface area contributed by atoms with Crippen LogP contribution in [0.25, 0.3) is 0 Å². The molecule has 5 nitrogen and oxygen atoms in total. The summed E-state index contributed by atoms with van der Waals surface area (Å²) in [6, 6.07) is 4.02. The number of carbonyl (C=O) groups is 1. The van der Waals surface area contributed by atoms with E-state index in [2.05, 4.69) is 22.9 Å². The zero-order chi connectivity index (χ0) is 15.9. The number of pyridine rings is 1. The summed E-state index contributed by atoms with van der Waals surface area (Å²) in [6.45, 7) is 5.92. The van der Waals surface area contributed by atoms with Crippen molar-refractivity contribution in [2.45, 2.75) is 26.0 Å². The van der Waals surface area contributed by atoms with Crippen molar-refractivity contribution in [3.8, 4) is 0 Å². The third-order valence-electron chi connectivity index (χ3n) is 4.06. The summed E-state index contributed by atoms with van der Waals surface area (Å²) in [5.41, 5.74) is 2.30. The lowest BCUT2D eigenvalue weighted by molar-refractivity contribution is -0.142. The molecule has 0 saturated carbocycles. The highest BCUT2D eigenvalue weighted by atomic mass is 32.2. The zero-order valence-corrected chi connectivity index (χ0v) is 14.2. The summed E-state index contributed by atoms with van der Waals surface area (Å²) >= 11 is 1.65. The van der Waals surface area contributed by atoms with Crippen molar-refractivity contribution in [1.29, 1.82) is 0 Å². The summed E-state index contributed by atoms with van der Waals surface area (Å²) < 4.78 is 0. The fraction of sp³-hybridized carbons (Fsp3) is 0.625. The van der Waals surface area contributed by atoms with Crippen molar-refractivity contribution in [3.05, 3.63) is 29.6 Å². The third-order valence-corrected chi connectivity index (χ3v) is 4.70. The van der Waals surface area contributed by atoms with Crippen LogP contribution in [0.5, 0.6) is 0 Å². The van der Waals surface area contributed by atoms with E-state index >= 15 is 0 Å². The molecule has 22 heavy (non-hydrogen) atoms. The van der Waals surface area contributed by atoms with Gasteiger partial charge in [0.1, 0.15) is 6.10 Å². The molecule has 0 spiro atoms. The summed E-state index contributed by atoms with van der Waals surface area (Å²) in [4.78, 5) is 20.7. The van der Waals surface area contributed by atoms with Gasteiger partial charge in [-0.2, -0.15) is 11.8 Å². The van der Waals surface area contributed by atoms with Crippen LogP contribution >= 0.6 is 11.8 Å². The normalized spacial score (nSPS) is 17.5. The van der Waals surface area contributed by atoms with Gasteiger partial charge in [0.15, 0.2) is 0 Å². The van der Waals surface area contributed by atoms with Gasteiger partial charge in [-0.25, -0.2) is 0 Å². The summed E-state index contributed by atoms with van der Waals surface area (Å²) in [7, 11) is 0. The molecular formula is C16H25N3O2S. The van der Waals surface area contributed by atoms with Crippen molar-refractivity contribution in [3.63, 3.8) is 0 Å². The molecule has 0 radical (unpaired) electrons. The van der Waals surface area contributed by atoms with Gasteiger partial charge in [-0.15, -0.1) is 0 Å². The highest BCUT2D eigenvalue weighted by Crippen LogP contribution is 2.12. The Labute approximate surface area is 136 Å². The molecule has 0 aromatic carbocycles. The Morgan fingerprint density at radius 1 is 1.41 bits per heavy atom. The predicted molar refractivity (Wildman–Crippen MR) is 89.8 cm³/mol. The Morgan fingerprint density at radius 2 is 2.14 bits per heavy atom. The van der Waals surface area contributed by atoms with Crippen molar-refractivity contribution in [1.82, 2.24) is 14.8 Å². The third kappa shape index (κ3) is 4.69. The lowest BCUT2D eigenvalue weighted by Gasteiger charge is -2.35. The minimum atomic E-state index is -0.850. The largest absolute Gasteiger partial charge is 0.383 e. The minimum Gasteiger partial charge on any atom is -0.383 e. The second kappa shape index (κ2) is 8.50. The van der Waals surface area contributed by atoms with Crippen LogP contribution in [0.1, 0.15) is 17.7 Å². The Balaban J connectivity index is 1.80. The molecule has 1 saturated heterocycles. The first kappa shape index (κ1) is 17.2. The van der Waals surface area contributed by atoms with Crippen LogP contribution in [0.2, 0.25) is 0 Å². The number of aryl methyl sites for hydroxylation is 1. The maximum absolute atomic E-state index is 12.2. The lowest BCUT2D eigenvalue weighted by Crippen LogP contribution is -2.51. The fourth-order valence-electron chi connectivity index (χ4n) is 2.59. The monoisotopic (exact) mass is 323 g/mol. The second-order valence-electron chi connectivity index (χ2n) is 5.67. The van der Waals surface area contributed by atoms with Crippen molar-refractivity contribution >= 4 is 17.7 Å². The maximum atomic E-state index is 12.2. The molecule has 1 aromatic rings. The standard InChI is InChI=1S/C16H25N3O2S/c1-13-4-3-6-17-14(13)12-18-7-9-19(10-8-18)16(21)15(20)5-11-22-2/h3-4,6,15,20H,5,7-12H2,1-2H3. The second-order valence-corrected chi connectivity index (χ2v) is 6.65. The van der Waals surface area contributed by atoms with E-state index in [0.717, 1.165) is 31.1 Å². The summed E-state index contributed by atoms with van der Waals surface area (Å²) in [5, 5.41) is 9.91. The van der Waals surface area contributed by atoms with E-state index in [9.17, 15) is 9.90 Å². The number of hydrogen-bond donors (Lipinski definition) is 1. The van der Waals surface area contributed by atoms with E-state index in [1.807, 2.05) is 18.5 Å². The average Bonchev–Trinajstić information content (AvgIpc) is 2.55. The number of aliphatic hydroxyl groups excluding tert-OH is 1. The quantitative estimate of drug-likeness (QED) is 0.851. The van der Waals surface area contributed by atoms with Crippen LogP contribution in [-0.4, -0.2) is 70.1 Å². The Hall–Kier alpha value is -1.11. The van der Waals surface area contributed by atoms with Gasteiger partial charge in [0.2, 0.25) is 0 Å². The number of nitrogens with zero attached hydrogens (tertiary/aromatic N) is 3. The van der Waals surface area contributed by atoms with E-state index in [1.165, 1.54) is 5.56 Å². The van der Waals surface area contributed by atoms with Gasteiger partial charge in [-0.1, -0.05) is 6.07 Å². The Kier molecular flexibility index (Phi) is 6.67. The van der Waals surface area contributed by atoms with Crippen LogP contribution in [0.4, 0.5) is 0 Å². The molecule has 1 amide bonds. The molecule has 6 heteroatoms. The molecule has 122 valence electrons. The van der Waals surface area contributed by atoms with Gasteiger partial charge in [-0.3, -0.25) is 14.7 Å². The smallest absolute Gasteiger partial charge is 0.251 e. The van der Waals surface area contributed by atoms with E-state index in [4.69, 9.17) is 0 Å². The van der Waals surface area contributed by atoms with Gasteiger partial charge in [0.25, 0.3) is 5.91 Å². The summed E-state index contributed by atoms with van der Waals surface area (Å²) in [6.07, 6.45) is 3.49. The van der Waals surface area contributed by atoms with E-state index in [1.54, 1.807) is 16.7 Å². The molecular weight excluding hydrogens is 298 g/mol. The number of aliphatic hydroxyl groups is 1.